The largest absolute Gasteiger partial charge is 0.447 e. The number of aromatic nitrogens is 2. The van der Waals surface area contributed by atoms with Gasteiger partial charge in [0.1, 0.15) is 5.03 Å². The summed E-state index contributed by atoms with van der Waals surface area (Å²) in [6, 6.07) is 2.69. The molecule has 0 aliphatic heterocycles. The fourth-order valence-corrected chi connectivity index (χ4v) is 2.59. The number of carbonyl (C=O) groups excluding carboxylic acids is 1. The summed E-state index contributed by atoms with van der Waals surface area (Å²) in [7, 11) is 0. The van der Waals surface area contributed by atoms with E-state index in [0.29, 0.717) is 5.13 Å². The summed E-state index contributed by atoms with van der Waals surface area (Å²) in [5, 5.41) is 2.40. The van der Waals surface area contributed by atoms with E-state index >= 15 is 0 Å². The summed E-state index contributed by atoms with van der Waals surface area (Å²) < 4.78 is 37.2. The van der Waals surface area contributed by atoms with E-state index in [1.54, 1.807) is 6.20 Å². The van der Waals surface area contributed by atoms with Crippen LogP contribution in [0.2, 0.25) is 0 Å². The molecule has 0 spiro atoms. The molecule has 0 atom stereocenters. The van der Waals surface area contributed by atoms with Crippen molar-refractivity contribution in [1.82, 2.24) is 9.97 Å². The van der Waals surface area contributed by atoms with Crippen molar-refractivity contribution in [2.24, 2.45) is 0 Å². The molecule has 0 unspecified atom stereocenters. The molecule has 0 radical (unpaired) electrons. The van der Waals surface area contributed by atoms with Crippen molar-refractivity contribution in [2.75, 3.05) is 5.32 Å². The highest BCUT2D eigenvalue weighted by atomic mass is 32.2. The second kappa shape index (κ2) is 5.80. The van der Waals surface area contributed by atoms with Gasteiger partial charge < -0.3 is 0 Å². The zero-order chi connectivity index (χ0) is 14.8. The van der Waals surface area contributed by atoms with Crippen LogP contribution in [-0.2, 0) is 0 Å². The molecule has 20 heavy (non-hydrogen) atoms. The van der Waals surface area contributed by atoms with Crippen LogP contribution in [0.1, 0.15) is 15.2 Å². The van der Waals surface area contributed by atoms with Gasteiger partial charge >= 0.3 is 5.51 Å². The van der Waals surface area contributed by atoms with Gasteiger partial charge in [0.2, 0.25) is 0 Å². The Morgan fingerprint density at radius 3 is 2.75 bits per heavy atom. The average molecular weight is 319 g/mol. The third-order valence-electron chi connectivity index (χ3n) is 2.07. The van der Waals surface area contributed by atoms with E-state index < -0.39 is 23.2 Å². The summed E-state index contributed by atoms with van der Waals surface area (Å²) in [4.78, 5) is 20.4. The zero-order valence-corrected chi connectivity index (χ0v) is 11.7. The van der Waals surface area contributed by atoms with Gasteiger partial charge in [-0.3, -0.25) is 10.1 Å². The van der Waals surface area contributed by atoms with Crippen LogP contribution in [0.15, 0.2) is 29.6 Å². The highest BCUT2D eigenvalue weighted by Crippen LogP contribution is 2.37. The van der Waals surface area contributed by atoms with Crippen LogP contribution < -0.4 is 5.32 Å². The van der Waals surface area contributed by atoms with Gasteiger partial charge in [-0.1, -0.05) is 0 Å². The SMILES string of the molecule is Cc1cnc(NC(=O)c2cccnc2SC(F)(F)F)s1. The highest BCUT2D eigenvalue weighted by molar-refractivity contribution is 8.00. The quantitative estimate of drug-likeness (QED) is 0.876. The fraction of sp³-hybridized carbons (Fsp3) is 0.182. The van der Waals surface area contributed by atoms with Crippen molar-refractivity contribution < 1.29 is 18.0 Å². The van der Waals surface area contributed by atoms with Gasteiger partial charge in [-0.2, -0.15) is 13.2 Å². The van der Waals surface area contributed by atoms with Gasteiger partial charge in [-0.05, 0) is 19.1 Å². The van der Waals surface area contributed by atoms with E-state index in [1.807, 2.05) is 6.92 Å². The molecule has 2 heterocycles. The number of hydrogen-bond donors (Lipinski definition) is 1. The lowest BCUT2D eigenvalue weighted by molar-refractivity contribution is -0.0329. The van der Waals surface area contributed by atoms with Crippen LogP contribution in [0.25, 0.3) is 0 Å². The summed E-state index contributed by atoms with van der Waals surface area (Å²) in [6.07, 6.45) is 2.77. The van der Waals surface area contributed by atoms with E-state index in [0.717, 1.165) is 4.88 Å². The summed E-state index contributed by atoms with van der Waals surface area (Å²) in [6.45, 7) is 1.81. The van der Waals surface area contributed by atoms with Gasteiger partial charge in [0.15, 0.2) is 5.13 Å². The lowest BCUT2D eigenvalue weighted by Gasteiger charge is -2.09. The topological polar surface area (TPSA) is 54.9 Å². The first-order valence-corrected chi connectivity index (χ1v) is 6.93. The van der Waals surface area contributed by atoms with E-state index in [1.165, 1.54) is 29.7 Å². The minimum atomic E-state index is -4.50. The van der Waals surface area contributed by atoms with Gasteiger partial charge in [0, 0.05) is 29.0 Å². The molecule has 2 aromatic rings. The molecule has 0 aromatic carbocycles. The minimum Gasteiger partial charge on any atom is -0.298 e. The van der Waals surface area contributed by atoms with Crippen molar-refractivity contribution in [3.8, 4) is 0 Å². The monoisotopic (exact) mass is 319 g/mol. The van der Waals surface area contributed by atoms with E-state index in [4.69, 9.17) is 0 Å². The standard InChI is InChI=1S/C11H8F3N3OS2/c1-6-5-16-10(19-6)17-8(18)7-3-2-4-15-9(7)20-11(12,13)14/h2-5H,1H3,(H,16,17,18). The predicted molar refractivity (Wildman–Crippen MR) is 71.0 cm³/mol. The molecule has 9 heteroatoms. The zero-order valence-electron chi connectivity index (χ0n) is 10.1. The molecule has 2 rings (SSSR count). The molecule has 2 aromatic heterocycles. The van der Waals surface area contributed by atoms with Gasteiger partial charge in [0.25, 0.3) is 5.91 Å². The van der Waals surface area contributed by atoms with Crippen LogP contribution >= 0.6 is 23.1 Å². The van der Waals surface area contributed by atoms with Crippen molar-refractivity contribution in [1.29, 1.82) is 0 Å². The Bertz CT molecular complexity index is 627. The number of aryl methyl sites for hydroxylation is 1. The number of alkyl halides is 3. The Hall–Kier alpha value is -1.61. The number of thioether (sulfide) groups is 1. The number of pyridine rings is 1. The molecule has 1 amide bonds. The average Bonchev–Trinajstić information content (AvgIpc) is 2.73. The second-order valence-corrected chi connectivity index (χ2v) is 5.92. The Balaban J connectivity index is 2.21. The van der Waals surface area contributed by atoms with Crippen molar-refractivity contribution >= 4 is 34.1 Å². The summed E-state index contributed by atoms with van der Waals surface area (Å²) >= 11 is 0.820. The Kier molecular flexibility index (Phi) is 4.29. The van der Waals surface area contributed by atoms with Crippen molar-refractivity contribution in [3.05, 3.63) is 35.0 Å². The van der Waals surface area contributed by atoms with E-state index in [2.05, 4.69) is 15.3 Å². The maximum Gasteiger partial charge on any atom is 0.447 e. The van der Waals surface area contributed by atoms with Crippen LogP contribution in [-0.4, -0.2) is 21.4 Å². The molecule has 106 valence electrons. The molecule has 0 saturated carbocycles. The van der Waals surface area contributed by atoms with Crippen molar-refractivity contribution in [2.45, 2.75) is 17.5 Å². The Morgan fingerprint density at radius 2 is 2.15 bits per heavy atom. The fourth-order valence-electron chi connectivity index (χ4n) is 1.33. The first-order valence-electron chi connectivity index (χ1n) is 5.30. The Morgan fingerprint density at radius 1 is 1.40 bits per heavy atom. The molecular weight excluding hydrogens is 311 g/mol. The van der Waals surface area contributed by atoms with Crippen molar-refractivity contribution in [3.63, 3.8) is 0 Å². The normalized spacial score (nSPS) is 11.4. The maximum absolute atomic E-state index is 12.4. The van der Waals surface area contributed by atoms with Crippen LogP contribution in [0.5, 0.6) is 0 Å². The smallest absolute Gasteiger partial charge is 0.298 e. The lowest BCUT2D eigenvalue weighted by Crippen LogP contribution is -2.14. The third-order valence-corrected chi connectivity index (χ3v) is 3.65. The van der Waals surface area contributed by atoms with E-state index in [9.17, 15) is 18.0 Å². The number of nitrogens with one attached hydrogen (secondary N) is 1. The summed E-state index contributed by atoms with van der Waals surface area (Å²) in [5.41, 5.74) is -4.64. The highest BCUT2D eigenvalue weighted by Gasteiger charge is 2.32. The Labute approximate surface area is 120 Å². The number of nitrogens with zero attached hydrogens (tertiary/aromatic N) is 2. The first kappa shape index (κ1) is 14.8. The molecule has 1 N–H and O–H groups in total. The summed E-state index contributed by atoms with van der Waals surface area (Å²) in [5.74, 6) is -0.667. The number of amides is 1. The molecular formula is C11H8F3N3OS2. The van der Waals surface area contributed by atoms with Crippen LogP contribution in [0, 0.1) is 6.92 Å². The van der Waals surface area contributed by atoms with Gasteiger partial charge in [0.05, 0.1) is 5.56 Å². The number of rotatable bonds is 3. The van der Waals surface area contributed by atoms with E-state index in [-0.39, 0.29) is 10.6 Å². The minimum absolute atomic E-state index is 0.136. The van der Waals surface area contributed by atoms with Crippen LogP contribution in [0.4, 0.5) is 18.3 Å². The lowest BCUT2D eigenvalue weighted by atomic mass is 10.3. The first-order chi connectivity index (χ1) is 9.35. The number of hydrogen-bond acceptors (Lipinski definition) is 5. The number of anilines is 1. The van der Waals surface area contributed by atoms with Gasteiger partial charge in [-0.15, -0.1) is 11.3 Å². The third kappa shape index (κ3) is 3.94. The number of thiazole rings is 1. The molecule has 0 aliphatic rings. The molecule has 0 fully saturated rings. The number of halogens is 3. The maximum atomic E-state index is 12.4. The van der Waals surface area contributed by atoms with Gasteiger partial charge in [-0.25, -0.2) is 9.97 Å². The molecule has 4 nitrogen and oxygen atoms in total. The predicted octanol–water partition coefficient (Wildman–Crippen LogP) is 3.71. The second-order valence-electron chi connectivity index (χ2n) is 3.63. The molecule has 0 bridgehead atoms. The number of carbonyl (C=O) groups is 1. The van der Waals surface area contributed by atoms with Crippen LogP contribution in [0.3, 0.4) is 0 Å². The molecule has 0 aliphatic carbocycles. The molecule has 0 saturated heterocycles.